The predicted molar refractivity (Wildman–Crippen MR) is 88.4 cm³/mol. The fourth-order valence-electron chi connectivity index (χ4n) is 2.36. The van der Waals surface area contributed by atoms with E-state index < -0.39 is 0 Å². The average Bonchev–Trinajstić information content (AvgIpc) is 3.07. The Morgan fingerprint density at radius 3 is 2.85 bits per heavy atom. The summed E-state index contributed by atoms with van der Waals surface area (Å²) in [7, 11) is 0. The molecule has 3 rings (SSSR count). The molecular weight excluding hydrogens is 334 g/mol. The standard InChI is InChI=1S/C16H16BrNOS/c1-2-9-18-16(13-7-8-15(17)19-13)12-10-20-14-6-4-3-5-11(12)14/h3-8,10,16,18H,2,9H2,1H3. The molecule has 4 heteroatoms. The number of benzene rings is 1. The molecule has 3 aromatic rings. The maximum atomic E-state index is 5.77. The third-order valence-corrected chi connectivity index (χ3v) is 4.71. The number of furan rings is 1. The smallest absolute Gasteiger partial charge is 0.169 e. The Morgan fingerprint density at radius 1 is 1.25 bits per heavy atom. The Labute approximate surface area is 130 Å². The van der Waals surface area contributed by atoms with Crippen molar-refractivity contribution in [3.8, 4) is 0 Å². The lowest BCUT2D eigenvalue weighted by atomic mass is 10.0. The summed E-state index contributed by atoms with van der Waals surface area (Å²) in [5, 5.41) is 7.12. The number of halogens is 1. The topological polar surface area (TPSA) is 25.2 Å². The van der Waals surface area contributed by atoms with E-state index in [1.165, 1.54) is 15.6 Å². The lowest BCUT2D eigenvalue weighted by Crippen LogP contribution is -2.22. The minimum absolute atomic E-state index is 0.109. The van der Waals surface area contributed by atoms with E-state index in [2.05, 4.69) is 57.8 Å². The summed E-state index contributed by atoms with van der Waals surface area (Å²) in [6.07, 6.45) is 1.10. The lowest BCUT2D eigenvalue weighted by Gasteiger charge is -2.16. The highest BCUT2D eigenvalue weighted by atomic mass is 79.9. The van der Waals surface area contributed by atoms with Crippen LogP contribution in [0.3, 0.4) is 0 Å². The van der Waals surface area contributed by atoms with Gasteiger partial charge in [0, 0.05) is 4.70 Å². The zero-order valence-corrected chi connectivity index (χ0v) is 13.6. The Morgan fingerprint density at radius 2 is 2.10 bits per heavy atom. The van der Waals surface area contributed by atoms with Crippen LogP contribution in [0.15, 0.2) is 50.9 Å². The van der Waals surface area contributed by atoms with Gasteiger partial charge in [-0.2, -0.15) is 0 Å². The molecule has 0 saturated heterocycles. The van der Waals surface area contributed by atoms with Crippen LogP contribution in [0.25, 0.3) is 10.1 Å². The van der Waals surface area contributed by atoms with E-state index in [0.717, 1.165) is 23.4 Å². The lowest BCUT2D eigenvalue weighted by molar-refractivity contribution is 0.434. The van der Waals surface area contributed by atoms with Crippen molar-refractivity contribution in [1.29, 1.82) is 0 Å². The van der Waals surface area contributed by atoms with Gasteiger partial charge in [-0.1, -0.05) is 25.1 Å². The van der Waals surface area contributed by atoms with Gasteiger partial charge in [0.1, 0.15) is 5.76 Å². The van der Waals surface area contributed by atoms with Crippen molar-refractivity contribution < 1.29 is 4.42 Å². The number of hydrogen-bond donors (Lipinski definition) is 1. The average molecular weight is 350 g/mol. The van der Waals surface area contributed by atoms with E-state index in [0.29, 0.717) is 0 Å². The third kappa shape index (κ3) is 2.68. The first-order chi connectivity index (χ1) is 9.79. The molecule has 2 heterocycles. The summed E-state index contributed by atoms with van der Waals surface area (Å²) in [4.78, 5) is 0. The number of fused-ring (bicyclic) bond motifs is 1. The quantitative estimate of drug-likeness (QED) is 0.671. The van der Waals surface area contributed by atoms with Crippen molar-refractivity contribution in [1.82, 2.24) is 5.32 Å². The highest BCUT2D eigenvalue weighted by Crippen LogP contribution is 2.34. The molecule has 0 radical (unpaired) electrons. The minimum Gasteiger partial charge on any atom is -0.452 e. The number of hydrogen-bond acceptors (Lipinski definition) is 3. The molecule has 0 aliphatic heterocycles. The third-order valence-electron chi connectivity index (χ3n) is 3.30. The number of nitrogens with one attached hydrogen (secondary N) is 1. The van der Waals surface area contributed by atoms with Gasteiger partial charge >= 0.3 is 0 Å². The van der Waals surface area contributed by atoms with Gasteiger partial charge in [-0.15, -0.1) is 11.3 Å². The molecule has 1 aromatic carbocycles. The molecule has 0 spiro atoms. The van der Waals surface area contributed by atoms with Crippen LogP contribution in [0.5, 0.6) is 0 Å². The molecule has 1 N–H and O–H groups in total. The second kappa shape index (κ2) is 6.12. The first kappa shape index (κ1) is 13.9. The van der Waals surface area contributed by atoms with E-state index in [9.17, 15) is 0 Å². The molecule has 1 unspecified atom stereocenters. The molecular formula is C16H16BrNOS. The van der Waals surface area contributed by atoms with Gasteiger partial charge in [0.25, 0.3) is 0 Å². The van der Waals surface area contributed by atoms with Gasteiger partial charge < -0.3 is 9.73 Å². The summed E-state index contributed by atoms with van der Waals surface area (Å²) in [5.41, 5.74) is 1.29. The van der Waals surface area contributed by atoms with Crippen LogP contribution in [-0.2, 0) is 0 Å². The van der Waals surface area contributed by atoms with Crippen LogP contribution >= 0.6 is 27.3 Å². The van der Waals surface area contributed by atoms with E-state index in [1.807, 2.05) is 12.1 Å². The van der Waals surface area contributed by atoms with Crippen LogP contribution in [0.1, 0.15) is 30.7 Å². The zero-order chi connectivity index (χ0) is 13.9. The molecule has 2 nitrogen and oxygen atoms in total. The van der Waals surface area contributed by atoms with Crippen LogP contribution in [-0.4, -0.2) is 6.54 Å². The molecule has 20 heavy (non-hydrogen) atoms. The van der Waals surface area contributed by atoms with Gasteiger partial charge in [-0.3, -0.25) is 0 Å². The Balaban J connectivity index is 2.04. The largest absolute Gasteiger partial charge is 0.452 e. The number of thiophene rings is 1. The molecule has 0 aliphatic carbocycles. The SMILES string of the molecule is CCCNC(c1ccc(Br)o1)c1csc2ccccc12. The predicted octanol–water partition coefficient (Wildman–Crippen LogP) is 5.35. The molecule has 0 amide bonds. The van der Waals surface area contributed by atoms with Gasteiger partial charge in [0.2, 0.25) is 0 Å². The summed E-state index contributed by atoms with van der Waals surface area (Å²) in [5.74, 6) is 0.953. The second-order valence-corrected chi connectivity index (χ2v) is 6.41. The monoisotopic (exact) mass is 349 g/mol. The first-order valence-electron chi connectivity index (χ1n) is 6.74. The van der Waals surface area contributed by atoms with Crippen LogP contribution in [0.4, 0.5) is 0 Å². The highest BCUT2D eigenvalue weighted by Gasteiger charge is 2.20. The van der Waals surface area contributed by atoms with Gasteiger partial charge in [-0.25, -0.2) is 0 Å². The van der Waals surface area contributed by atoms with Crippen LogP contribution < -0.4 is 5.32 Å². The fraction of sp³-hybridized carbons (Fsp3) is 0.250. The molecule has 104 valence electrons. The maximum absolute atomic E-state index is 5.77. The Kier molecular flexibility index (Phi) is 4.24. The van der Waals surface area contributed by atoms with E-state index in [-0.39, 0.29) is 6.04 Å². The molecule has 0 saturated carbocycles. The summed E-state index contributed by atoms with van der Waals surface area (Å²) < 4.78 is 7.86. The van der Waals surface area contributed by atoms with Crippen molar-refractivity contribution in [2.24, 2.45) is 0 Å². The van der Waals surface area contributed by atoms with Gasteiger partial charge in [0.15, 0.2) is 4.67 Å². The molecule has 2 aromatic heterocycles. The normalized spacial score (nSPS) is 12.9. The van der Waals surface area contributed by atoms with Crippen molar-refractivity contribution in [2.75, 3.05) is 6.54 Å². The van der Waals surface area contributed by atoms with E-state index >= 15 is 0 Å². The van der Waals surface area contributed by atoms with E-state index in [1.54, 1.807) is 11.3 Å². The van der Waals surface area contributed by atoms with Crippen LogP contribution in [0, 0.1) is 0 Å². The van der Waals surface area contributed by atoms with E-state index in [4.69, 9.17) is 4.42 Å². The Bertz CT molecular complexity index is 703. The minimum atomic E-state index is 0.109. The fourth-order valence-corrected chi connectivity index (χ4v) is 3.66. The van der Waals surface area contributed by atoms with Crippen molar-refractivity contribution in [3.63, 3.8) is 0 Å². The second-order valence-electron chi connectivity index (χ2n) is 4.72. The van der Waals surface area contributed by atoms with Crippen molar-refractivity contribution in [2.45, 2.75) is 19.4 Å². The first-order valence-corrected chi connectivity index (χ1v) is 8.41. The molecule has 0 fully saturated rings. The van der Waals surface area contributed by atoms with Crippen LogP contribution in [0.2, 0.25) is 0 Å². The summed E-state index contributed by atoms with van der Waals surface area (Å²) in [6, 6.07) is 12.6. The van der Waals surface area contributed by atoms with Gasteiger partial charge in [0.05, 0.1) is 6.04 Å². The summed E-state index contributed by atoms with van der Waals surface area (Å²) in [6.45, 7) is 3.14. The Hall–Kier alpha value is -1.10. The highest BCUT2D eigenvalue weighted by molar-refractivity contribution is 9.10. The van der Waals surface area contributed by atoms with Gasteiger partial charge in [-0.05, 0) is 63.4 Å². The molecule has 1 atom stereocenters. The van der Waals surface area contributed by atoms with Crippen molar-refractivity contribution in [3.05, 3.63) is 57.8 Å². The zero-order valence-electron chi connectivity index (χ0n) is 11.2. The molecule has 0 bridgehead atoms. The number of rotatable bonds is 5. The summed E-state index contributed by atoms with van der Waals surface area (Å²) >= 11 is 5.17. The van der Waals surface area contributed by atoms with Crippen molar-refractivity contribution >= 4 is 37.4 Å². The maximum Gasteiger partial charge on any atom is 0.169 e. The molecule has 0 aliphatic rings.